The van der Waals surface area contributed by atoms with Gasteiger partial charge in [-0.05, 0) is 80.8 Å². The standard InChI is InChI=1S/C20H26F2N2O3S/c1-12(20-8-13-5-14(9-20)7-15(6-13)10-20)24-18(25)11-23-28(26,27)19-16(21)3-2-4-17(19)22/h2-4,12-15,23H,5-11H2,1H3,(H,24,25)/t12-,13?,14?,15?,20?/m1/s1. The minimum atomic E-state index is -4.46. The lowest BCUT2D eigenvalue weighted by Gasteiger charge is -2.59. The number of hydrogen-bond donors (Lipinski definition) is 2. The van der Waals surface area contributed by atoms with Crippen LogP contribution in [0, 0.1) is 34.8 Å². The first-order valence-electron chi connectivity index (χ1n) is 9.91. The number of benzene rings is 1. The molecule has 4 aliphatic carbocycles. The molecule has 4 saturated carbocycles. The van der Waals surface area contributed by atoms with Crippen molar-refractivity contribution in [3.05, 3.63) is 29.8 Å². The van der Waals surface area contributed by atoms with Gasteiger partial charge in [0.1, 0.15) is 11.6 Å². The van der Waals surface area contributed by atoms with Crippen LogP contribution >= 0.6 is 0 Å². The van der Waals surface area contributed by atoms with E-state index in [1.165, 1.54) is 19.3 Å². The fraction of sp³-hybridized carbons (Fsp3) is 0.650. The molecule has 0 saturated heterocycles. The van der Waals surface area contributed by atoms with E-state index in [9.17, 15) is 22.0 Å². The van der Waals surface area contributed by atoms with Crippen molar-refractivity contribution in [1.82, 2.24) is 10.0 Å². The molecule has 0 heterocycles. The predicted octanol–water partition coefficient (Wildman–Crippen LogP) is 2.96. The number of sulfonamides is 1. The highest BCUT2D eigenvalue weighted by molar-refractivity contribution is 7.89. The van der Waals surface area contributed by atoms with E-state index in [2.05, 4.69) is 5.32 Å². The molecular formula is C20H26F2N2O3S. The Morgan fingerprint density at radius 1 is 1.11 bits per heavy atom. The first kappa shape index (κ1) is 19.8. The van der Waals surface area contributed by atoms with Gasteiger partial charge in [-0.1, -0.05) is 6.07 Å². The van der Waals surface area contributed by atoms with Gasteiger partial charge in [-0.25, -0.2) is 21.9 Å². The lowest BCUT2D eigenvalue weighted by atomic mass is 9.48. The van der Waals surface area contributed by atoms with Crippen LogP contribution in [-0.2, 0) is 14.8 Å². The van der Waals surface area contributed by atoms with Crippen molar-refractivity contribution in [3.63, 3.8) is 0 Å². The average molecular weight is 413 g/mol. The van der Waals surface area contributed by atoms with Crippen molar-refractivity contribution >= 4 is 15.9 Å². The second-order valence-electron chi connectivity index (χ2n) is 8.94. The minimum Gasteiger partial charge on any atom is -0.352 e. The van der Waals surface area contributed by atoms with Crippen LogP contribution in [0.3, 0.4) is 0 Å². The molecule has 0 radical (unpaired) electrons. The highest BCUT2D eigenvalue weighted by Gasteiger charge is 2.53. The van der Waals surface area contributed by atoms with Crippen LogP contribution in [0.25, 0.3) is 0 Å². The smallest absolute Gasteiger partial charge is 0.246 e. The molecule has 5 nitrogen and oxygen atoms in total. The third-order valence-corrected chi connectivity index (χ3v) is 8.44. The highest BCUT2D eigenvalue weighted by atomic mass is 32.2. The van der Waals surface area contributed by atoms with Crippen LogP contribution in [-0.4, -0.2) is 26.9 Å². The Labute approximate surface area is 164 Å². The van der Waals surface area contributed by atoms with Crippen LogP contribution in [0.1, 0.15) is 45.4 Å². The molecule has 4 aliphatic rings. The Bertz CT molecular complexity index is 832. The van der Waals surface area contributed by atoms with E-state index in [1.54, 1.807) is 0 Å². The zero-order valence-electron chi connectivity index (χ0n) is 15.9. The Morgan fingerprint density at radius 2 is 1.61 bits per heavy atom. The molecule has 8 heteroatoms. The molecule has 154 valence electrons. The number of amides is 1. The summed E-state index contributed by atoms with van der Waals surface area (Å²) in [4.78, 5) is 11.3. The molecule has 4 bridgehead atoms. The molecule has 0 spiro atoms. The zero-order chi connectivity index (χ0) is 20.1. The number of carbonyl (C=O) groups excluding carboxylic acids is 1. The lowest BCUT2D eigenvalue weighted by Crippen LogP contribution is -2.56. The summed E-state index contributed by atoms with van der Waals surface area (Å²) in [5, 5.41) is 2.94. The largest absolute Gasteiger partial charge is 0.352 e. The molecular weight excluding hydrogens is 386 g/mol. The summed E-state index contributed by atoms with van der Waals surface area (Å²) in [6.07, 6.45) is 7.25. The monoisotopic (exact) mass is 412 g/mol. The second kappa shape index (κ2) is 7.06. The Kier molecular flexibility index (Phi) is 4.98. The summed E-state index contributed by atoms with van der Waals surface area (Å²) in [6.45, 7) is 1.45. The Morgan fingerprint density at radius 3 is 2.11 bits per heavy atom. The van der Waals surface area contributed by atoms with E-state index >= 15 is 0 Å². The maximum absolute atomic E-state index is 13.7. The van der Waals surface area contributed by atoms with Crippen LogP contribution in [0.15, 0.2) is 23.1 Å². The van der Waals surface area contributed by atoms with Crippen molar-refractivity contribution in [2.24, 2.45) is 23.2 Å². The van der Waals surface area contributed by atoms with Gasteiger partial charge in [-0.2, -0.15) is 0 Å². The molecule has 5 rings (SSSR count). The van der Waals surface area contributed by atoms with E-state index in [0.717, 1.165) is 55.2 Å². The number of hydrogen-bond acceptors (Lipinski definition) is 3. The lowest BCUT2D eigenvalue weighted by molar-refractivity contribution is -0.124. The van der Waals surface area contributed by atoms with Crippen molar-refractivity contribution in [2.45, 2.75) is 56.4 Å². The zero-order valence-corrected chi connectivity index (χ0v) is 16.7. The summed E-state index contributed by atoms with van der Waals surface area (Å²) < 4.78 is 53.9. The molecule has 0 aliphatic heterocycles. The van der Waals surface area contributed by atoms with E-state index in [1.807, 2.05) is 11.6 Å². The Balaban J connectivity index is 1.38. The molecule has 2 N–H and O–H groups in total. The molecule has 0 unspecified atom stereocenters. The van der Waals surface area contributed by atoms with E-state index < -0.39 is 39.0 Å². The van der Waals surface area contributed by atoms with E-state index in [4.69, 9.17) is 0 Å². The molecule has 1 aromatic carbocycles. The first-order chi connectivity index (χ1) is 13.2. The molecule has 28 heavy (non-hydrogen) atoms. The SMILES string of the molecule is C[C@@H](NC(=O)CNS(=O)(=O)c1c(F)cccc1F)C12CC3CC(CC(C3)C1)C2. The van der Waals surface area contributed by atoms with Gasteiger partial charge < -0.3 is 5.32 Å². The molecule has 4 fully saturated rings. The molecule has 1 amide bonds. The van der Waals surface area contributed by atoms with E-state index in [0.29, 0.717) is 0 Å². The predicted molar refractivity (Wildman–Crippen MR) is 99.8 cm³/mol. The van der Waals surface area contributed by atoms with Gasteiger partial charge in [-0.3, -0.25) is 4.79 Å². The van der Waals surface area contributed by atoms with Crippen LogP contribution in [0.5, 0.6) is 0 Å². The number of rotatable bonds is 6. The molecule has 1 atom stereocenters. The fourth-order valence-corrected chi connectivity index (χ4v) is 7.24. The van der Waals surface area contributed by atoms with Crippen LogP contribution < -0.4 is 10.0 Å². The maximum atomic E-state index is 13.7. The third kappa shape index (κ3) is 3.56. The first-order valence-corrected chi connectivity index (χ1v) is 11.4. The van der Waals surface area contributed by atoms with Gasteiger partial charge in [0.2, 0.25) is 15.9 Å². The maximum Gasteiger partial charge on any atom is 0.246 e. The average Bonchev–Trinajstić information content (AvgIpc) is 2.58. The highest BCUT2D eigenvalue weighted by Crippen LogP contribution is 2.61. The van der Waals surface area contributed by atoms with Crippen molar-refractivity contribution in [2.75, 3.05) is 6.54 Å². The second-order valence-corrected chi connectivity index (χ2v) is 10.6. The summed E-state index contributed by atoms with van der Waals surface area (Å²) >= 11 is 0. The van der Waals surface area contributed by atoms with Crippen molar-refractivity contribution in [1.29, 1.82) is 0 Å². The van der Waals surface area contributed by atoms with Crippen LogP contribution in [0.2, 0.25) is 0 Å². The van der Waals surface area contributed by atoms with Crippen molar-refractivity contribution in [3.8, 4) is 0 Å². The summed E-state index contributed by atoms with van der Waals surface area (Å²) in [5.74, 6) is -0.623. The van der Waals surface area contributed by atoms with Gasteiger partial charge in [0.15, 0.2) is 4.90 Å². The van der Waals surface area contributed by atoms with E-state index in [-0.39, 0.29) is 11.5 Å². The number of nitrogens with one attached hydrogen (secondary N) is 2. The molecule has 0 aromatic heterocycles. The third-order valence-electron chi connectivity index (χ3n) is 6.99. The Hall–Kier alpha value is -1.54. The van der Waals surface area contributed by atoms with Gasteiger partial charge >= 0.3 is 0 Å². The summed E-state index contributed by atoms with van der Waals surface area (Å²) in [7, 11) is -4.46. The van der Waals surface area contributed by atoms with Gasteiger partial charge in [-0.15, -0.1) is 0 Å². The quantitative estimate of drug-likeness (QED) is 0.754. The number of carbonyl (C=O) groups is 1. The minimum absolute atomic E-state index is 0.0527. The number of halogens is 2. The van der Waals surface area contributed by atoms with Crippen molar-refractivity contribution < 1.29 is 22.0 Å². The van der Waals surface area contributed by atoms with Gasteiger partial charge in [0.25, 0.3) is 0 Å². The summed E-state index contributed by atoms with van der Waals surface area (Å²) in [5.41, 5.74) is 0.0981. The fourth-order valence-electron chi connectivity index (χ4n) is 6.13. The van der Waals surface area contributed by atoms with Crippen LogP contribution in [0.4, 0.5) is 8.78 Å². The molecule has 1 aromatic rings. The normalized spacial score (nSPS) is 32.3. The van der Waals surface area contributed by atoms with Gasteiger partial charge in [0, 0.05) is 6.04 Å². The topological polar surface area (TPSA) is 75.3 Å². The summed E-state index contributed by atoms with van der Waals surface area (Å²) in [6, 6.07) is 2.77. The van der Waals surface area contributed by atoms with Gasteiger partial charge in [0.05, 0.1) is 6.54 Å².